The Hall–Kier alpha value is -2.83. The molecule has 0 saturated heterocycles. The summed E-state index contributed by atoms with van der Waals surface area (Å²) in [5.41, 5.74) is 0.265. The molecule has 21 heavy (non-hydrogen) atoms. The van der Waals surface area contributed by atoms with Crippen LogP contribution in [-0.2, 0) is 20.8 Å². The van der Waals surface area contributed by atoms with Crippen molar-refractivity contribution in [2.24, 2.45) is 0 Å². The van der Waals surface area contributed by atoms with Crippen LogP contribution >= 0.6 is 0 Å². The molecule has 0 aliphatic heterocycles. The van der Waals surface area contributed by atoms with E-state index in [-0.39, 0.29) is 22.8 Å². The van der Waals surface area contributed by atoms with Gasteiger partial charge in [-0.2, -0.15) is 0 Å². The third-order valence-electron chi connectivity index (χ3n) is 2.50. The number of fused-ring (bicyclic) bond motifs is 1. The summed E-state index contributed by atoms with van der Waals surface area (Å²) in [5, 5.41) is 9.28. The average molecular weight is 292 g/mol. The van der Waals surface area contributed by atoms with E-state index in [2.05, 4.69) is 0 Å². The highest BCUT2D eigenvalue weighted by atomic mass is 16.5. The maximum atomic E-state index is 11.1. The highest BCUT2D eigenvalue weighted by molar-refractivity contribution is 5.90. The van der Waals surface area contributed by atoms with E-state index in [0.29, 0.717) is 5.39 Å². The fourth-order valence-electron chi connectivity index (χ4n) is 1.84. The molecule has 0 bridgehead atoms. The number of aliphatic carboxylic acids is 1. The van der Waals surface area contributed by atoms with E-state index < -0.39 is 24.3 Å². The number of carbonyl (C=O) groups excluding carboxylic acids is 2. The summed E-state index contributed by atoms with van der Waals surface area (Å²) < 4.78 is 15.3. The normalized spacial score (nSPS) is 10.4. The minimum atomic E-state index is -1.12. The van der Waals surface area contributed by atoms with Crippen molar-refractivity contribution < 1.29 is 33.4 Å². The van der Waals surface area contributed by atoms with Crippen LogP contribution in [0.15, 0.2) is 22.6 Å². The van der Waals surface area contributed by atoms with Crippen molar-refractivity contribution in [3.8, 4) is 11.5 Å². The lowest BCUT2D eigenvalue weighted by Crippen LogP contribution is -2.05. The van der Waals surface area contributed by atoms with Gasteiger partial charge in [0.1, 0.15) is 17.8 Å². The molecule has 1 heterocycles. The van der Waals surface area contributed by atoms with Crippen molar-refractivity contribution in [2.45, 2.75) is 20.3 Å². The lowest BCUT2D eigenvalue weighted by Gasteiger charge is -2.01. The second kappa shape index (κ2) is 5.66. The Kier molecular flexibility index (Phi) is 3.93. The third kappa shape index (κ3) is 3.38. The summed E-state index contributed by atoms with van der Waals surface area (Å²) >= 11 is 0. The molecule has 0 spiro atoms. The van der Waals surface area contributed by atoms with E-state index in [0.717, 1.165) is 0 Å². The van der Waals surface area contributed by atoms with Crippen LogP contribution in [-0.4, -0.2) is 23.0 Å². The monoisotopic (exact) mass is 292 g/mol. The maximum absolute atomic E-state index is 11.1. The lowest BCUT2D eigenvalue weighted by atomic mass is 10.2. The summed E-state index contributed by atoms with van der Waals surface area (Å²) in [7, 11) is 0. The second-order valence-corrected chi connectivity index (χ2v) is 4.27. The van der Waals surface area contributed by atoms with E-state index >= 15 is 0 Å². The number of carboxylic acids is 1. The van der Waals surface area contributed by atoms with E-state index in [9.17, 15) is 14.4 Å². The zero-order chi connectivity index (χ0) is 15.6. The Balaban J connectivity index is 2.52. The number of rotatable bonds is 4. The van der Waals surface area contributed by atoms with E-state index in [4.69, 9.17) is 19.0 Å². The van der Waals surface area contributed by atoms with Gasteiger partial charge in [0, 0.05) is 19.9 Å². The molecular formula is C14H12O7. The van der Waals surface area contributed by atoms with Crippen molar-refractivity contribution >= 4 is 28.9 Å². The van der Waals surface area contributed by atoms with Crippen LogP contribution in [0.1, 0.15) is 19.6 Å². The predicted molar refractivity (Wildman–Crippen MR) is 70.2 cm³/mol. The van der Waals surface area contributed by atoms with Crippen LogP contribution in [0.25, 0.3) is 11.0 Å². The van der Waals surface area contributed by atoms with Crippen molar-refractivity contribution in [1.29, 1.82) is 0 Å². The Morgan fingerprint density at radius 2 is 1.81 bits per heavy atom. The van der Waals surface area contributed by atoms with Gasteiger partial charge < -0.3 is 19.0 Å². The van der Waals surface area contributed by atoms with Crippen molar-refractivity contribution in [1.82, 2.24) is 0 Å². The van der Waals surface area contributed by atoms with Crippen LogP contribution in [0.5, 0.6) is 11.5 Å². The highest BCUT2D eigenvalue weighted by Crippen LogP contribution is 2.35. The fourth-order valence-corrected chi connectivity index (χ4v) is 1.84. The molecule has 0 fully saturated rings. The van der Waals surface area contributed by atoms with Crippen LogP contribution in [0, 0.1) is 0 Å². The van der Waals surface area contributed by atoms with E-state index in [1.807, 2.05) is 0 Å². The van der Waals surface area contributed by atoms with Crippen LogP contribution in [0.2, 0.25) is 0 Å². The molecule has 2 rings (SSSR count). The van der Waals surface area contributed by atoms with Gasteiger partial charge in [-0.25, -0.2) is 0 Å². The molecule has 0 aliphatic rings. The number of esters is 2. The van der Waals surface area contributed by atoms with Gasteiger partial charge in [0.05, 0.1) is 5.39 Å². The molecule has 2 aromatic rings. The minimum absolute atomic E-state index is 0.0210. The SMILES string of the molecule is CC(=O)Oc1ccc2c(OC(C)=O)c(CC(=O)O)oc2c1. The Morgan fingerprint density at radius 3 is 2.38 bits per heavy atom. The van der Waals surface area contributed by atoms with Gasteiger partial charge in [-0.1, -0.05) is 0 Å². The number of ether oxygens (including phenoxy) is 2. The molecule has 110 valence electrons. The fraction of sp³-hybridized carbons (Fsp3) is 0.214. The molecule has 0 atom stereocenters. The topological polar surface area (TPSA) is 103 Å². The molecule has 0 saturated carbocycles. The first-order valence-electron chi connectivity index (χ1n) is 6.01. The molecule has 0 amide bonds. The first kappa shape index (κ1) is 14.6. The number of benzene rings is 1. The lowest BCUT2D eigenvalue weighted by molar-refractivity contribution is -0.137. The maximum Gasteiger partial charge on any atom is 0.311 e. The number of furan rings is 1. The minimum Gasteiger partial charge on any atom is -0.481 e. The summed E-state index contributed by atoms with van der Waals surface area (Å²) in [5.74, 6) is -1.87. The standard InChI is InChI=1S/C14H12O7/c1-7(15)19-9-3-4-10-11(5-9)21-12(6-13(17)18)14(10)20-8(2)16/h3-5H,6H2,1-2H3,(H,17,18). The third-order valence-corrected chi connectivity index (χ3v) is 2.50. The Labute approximate surface area is 119 Å². The summed E-state index contributed by atoms with van der Waals surface area (Å²) in [6.07, 6.45) is -0.430. The number of carbonyl (C=O) groups is 3. The van der Waals surface area contributed by atoms with Gasteiger partial charge in [-0.3, -0.25) is 14.4 Å². The summed E-state index contributed by atoms with van der Waals surface area (Å²) in [6, 6.07) is 4.45. The van der Waals surface area contributed by atoms with E-state index in [1.165, 1.54) is 32.0 Å². The van der Waals surface area contributed by atoms with Gasteiger partial charge in [-0.05, 0) is 12.1 Å². The Bertz CT molecular complexity index is 726. The van der Waals surface area contributed by atoms with Gasteiger partial charge in [0.15, 0.2) is 11.5 Å². The molecule has 1 N–H and O–H groups in total. The van der Waals surface area contributed by atoms with Crippen LogP contribution in [0.4, 0.5) is 0 Å². The number of carboxylic acid groups (broad SMARTS) is 1. The van der Waals surface area contributed by atoms with Crippen LogP contribution in [0.3, 0.4) is 0 Å². The molecule has 1 aromatic carbocycles. The molecular weight excluding hydrogens is 280 g/mol. The zero-order valence-electron chi connectivity index (χ0n) is 11.3. The molecule has 7 heteroatoms. The summed E-state index contributed by atoms with van der Waals surface area (Å²) in [6.45, 7) is 2.46. The zero-order valence-corrected chi connectivity index (χ0v) is 11.3. The molecule has 1 aromatic heterocycles. The Morgan fingerprint density at radius 1 is 1.14 bits per heavy atom. The molecule has 0 radical (unpaired) electrons. The molecule has 0 unspecified atom stereocenters. The summed E-state index contributed by atoms with van der Waals surface area (Å²) in [4.78, 5) is 32.9. The van der Waals surface area contributed by atoms with E-state index in [1.54, 1.807) is 0 Å². The second-order valence-electron chi connectivity index (χ2n) is 4.27. The number of hydrogen-bond donors (Lipinski definition) is 1. The van der Waals surface area contributed by atoms with Crippen LogP contribution < -0.4 is 9.47 Å². The smallest absolute Gasteiger partial charge is 0.311 e. The largest absolute Gasteiger partial charge is 0.481 e. The number of hydrogen-bond acceptors (Lipinski definition) is 6. The first-order chi connectivity index (χ1) is 9.86. The quantitative estimate of drug-likeness (QED) is 0.678. The predicted octanol–water partition coefficient (Wildman–Crippen LogP) is 1.91. The average Bonchev–Trinajstić information content (AvgIpc) is 2.64. The highest BCUT2D eigenvalue weighted by Gasteiger charge is 2.20. The first-order valence-corrected chi connectivity index (χ1v) is 6.01. The molecule has 0 aliphatic carbocycles. The van der Waals surface area contributed by atoms with Gasteiger partial charge in [0.2, 0.25) is 0 Å². The van der Waals surface area contributed by atoms with Crippen molar-refractivity contribution in [3.63, 3.8) is 0 Å². The van der Waals surface area contributed by atoms with Crippen molar-refractivity contribution in [2.75, 3.05) is 0 Å². The van der Waals surface area contributed by atoms with Gasteiger partial charge in [-0.15, -0.1) is 0 Å². The molecule has 7 nitrogen and oxygen atoms in total. The van der Waals surface area contributed by atoms with Gasteiger partial charge >= 0.3 is 17.9 Å². The van der Waals surface area contributed by atoms with Crippen molar-refractivity contribution in [3.05, 3.63) is 24.0 Å². The van der Waals surface area contributed by atoms with Gasteiger partial charge in [0.25, 0.3) is 0 Å².